The summed E-state index contributed by atoms with van der Waals surface area (Å²) in [6.45, 7) is 0. The van der Waals surface area contributed by atoms with Crippen LogP contribution in [0, 0.1) is 41.7 Å². The molecule has 0 unspecified atom stereocenters. The first kappa shape index (κ1) is 52.0. The fourth-order valence-corrected chi connectivity index (χ4v) is 0. The van der Waals surface area contributed by atoms with Crippen molar-refractivity contribution < 1.29 is 82.3 Å². The monoisotopic (exact) mass is 550 g/mol. The van der Waals surface area contributed by atoms with Crippen molar-refractivity contribution in [2.24, 2.45) is 0 Å². The second kappa shape index (κ2) is 36.8. The summed E-state index contributed by atoms with van der Waals surface area (Å²) in [4.78, 5) is 0. The molecule has 0 rings (SSSR count). The second-order valence-corrected chi connectivity index (χ2v) is 0. The predicted octanol–water partition coefficient (Wildman–Crippen LogP) is -1.15. The largest absolute Gasteiger partial charge is 0 e. The molecular formula is BBiCeMoSiZn. The summed E-state index contributed by atoms with van der Waals surface area (Å²) in [6.07, 6.45) is 0. The topological polar surface area (TPSA) is 0 Å². The molecule has 0 spiro atoms. The van der Waals surface area contributed by atoms with Crippen LogP contribution in [0.4, 0.5) is 0 Å². The average Bonchev–Trinajstić information content (AvgIpc) is 0. The Bertz CT molecular complexity index is 15.5. The molecule has 0 atom stereocenters. The van der Waals surface area contributed by atoms with Crippen LogP contribution in [0.5, 0.6) is 0 Å². The van der Waals surface area contributed by atoms with E-state index in [0.717, 1.165) is 0 Å². The predicted molar refractivity (Wildman–Crippen MR) is 17.3 cm³/mol. The van der Waals surface area contributed by atoms with Crippen molar-refractivity contribution in [1.82, 2.24) is 0 Å². The van der Waals surface area contributed by atoms with Crippen LogP contribution < -0.4 is 0 Å². The number of hydrogen-bond acceptors (Lipinski definition) is 0. The van der Waals surface area contributed by atoms with Gasteiger partial charge in [0.2, 0.25) is 0 Å². The van der Waals surface area contributed by atoms with Crippen molar-refractivity contribution in [1.29, 1.82) is 0 Å². The van der Waals surface area contributed by atoms with E-state index >= 15 is 0 Å². The maximum absolute atomic E-state index is 0. The van der Waals surface area contributed by atoms with E-state index in [1.165, 1.54) is 0 Å². The third-order valence-corrected chi connectivity index (χ3v) is 0. The molecule has 0 nitrogen and oxygen atoms in total. The first-order chi connectivity index (χ1) is 0. The van der Waals surface area contributed by atoms with Crippen LogP contribution >= 0.6 is 0 Å². The van der Waals surface area contributed by atoms with Gasteiger partial charge in [-0.3, -0.25) is 0 Å². The summed E-state index contributed by atoms with van der Waals surface area (Å²) >= 11 is 0. The quantitative estimate of drug-likeness (QED) is 0.336. The van der Waals surface area contributed by atoms with Crippen molar-refractivity contribution in [3.05, 3.63) is 0 Å². The zero-order valence-electron chi connectivity index (χ0n) is 3.14. The maximum atomic E-state index is 0. The van der Waals surface area contributed by atoms with Crippen molar-refractivity contribution in [3.8, 4) is 0 Å². The van der Waals surface area contributed by atoms with Gasteiger partial charge < -0.3 is 0 Å². The van der Waals surface area contributed by atoms with Gasteiger partial charge in [0.1, 0.15) is 0 Å². The van der Waals surface area contributed by atoms with E-state index < -0.39 is 0 Å². The van der Waals surface area contributed by atoms with Gasteiger partial charge in [-0.05, 0) is 0 Å². The van der Waals surface area contributed by atoms with E-state index in [-0.39, 0.29) is 128 Å². The fraction of sp³-hybridized carbons (Fsp3) is 0. The first-order valence-electron chi connectivity index (χ1n) is 0. The van der Waals surface area contributed by atoms with Crippen molar-refractivity contribution in [2.75, 3.05) is 0 Å². The zero-order chi connectivity index (χ0) is 0. The molecule has 24 valence electrons. The Kier molecular flexibility index (Phi) is 319. The first-order valence-corrected chi connectivity index (χ1v) is 0. The summed E-state index contributed by atoms with van der Waals surface area (Å²) in [5, 5.41) is 0. The van der Waals surface area contributed by atoms with E-state index in [1.807, 2.05) is 0 Å². The molecule has 0 aromatic rings. The van der Waals surface area contributed by atoms with Crippen LogP contribution in [-0.2, 0) is 40.5 Å². The Morgan fingerprint density at radius 3 is 1.00 bits per heavy atom. The summed E-state index contributed by atoms with van der Waals surface area (Å²) in [5.41, 5.74) is 0. The molecule has 0 bridgehead atoms. The van der Waals surface area contributed by atoms with Crippen LogP contribution in [-0.4, -0.2) is 45.6 Å². The molecule has 0 saturated carbocycles. The number of rotatable bonds is 0. The third-order valence-electron chi connectivity index (χ3n) is 0. The van der Waals surface area contributed by atoms with E-state index in [1.54, 1.807) is 0 Å². The Hall–Kier alpha value is 3.85. The Morgan fingerprint density at radius 1 is 1.00 bits per heavy atom. The van der Waals surface area contributed by atoms with Crippen molar-refractivity contribution in [2.45, 2.75) is 0 Å². The van der Waals surface area contributed by atoms with Crippen LogP contribution in [0.1, 0.15) is 0 Å². The summed E-state index contributed by atoms with van der Waals surface area (Å²) < 4.78 is 0. The van der Waals surface area contributed by atoms with E-state index in [2.05, 4.69) is 0 Å². The van der Waals surface area contributed by atoms with Gasteiger partial charge in [-0.15, -0.1) is 0 Å². The van der Waals surface area contributed by atoms with Crippen LogP contribution in [0.2, 0.25) is 0 Å². The molecule has 0 aromatic heterocycles. The molecule has 0 aromatic carbocycles. The van der Waals surface area contributed by atoms with Crippen LogP contribution in [0.15, 0.2) is 0 Å². The normalized spacial score (nSPS) is 0. The molecule has 0 saturated heterocycles. The molecule has 0 aliphatic rings. The molecule has 0 heterocycles. The van der Waals surface area contributed by atoms with Gasteiger partial charge in [0.25, 0.3) is 0 Å². The molecular weight excluding hydrogens is 549 g/mol. The third kappa shape index (κ3) is 24.8. The number of hydrogen-bond donors (Lipinski definition) is 0. The van der Waals surface area contributed by atoms with Gasteiger partial charge in [-0.1, -0.05) is 0 Å². The SMILES string of the molecule is [B].[Bi].[Ce].[Mo].[Si].[Zn]. The summed E-state index contributed by atoms with van der Waals surface area (Å²) in [5.74, 6) is 0. The van der Waals surface area contributed by atoms with Crippen LogP contribution in [0.25, 0.3) is 0 Å². The zero-order valence-corrected chi connectivity index (χ0v) is 15.7. The van der Waals surface area contributed by atoms with E-state index in [4.69, 9.17) is 0 Å². The van der Waals surface area contributed by atoms with Gasteiger partial charge in [0, 0.05) is 128 Å². The second-order valence-electron chi connectivity index (χ2n) is 0. The minimum atomic E-state index is 0. The molecule has 10 radical (unpaired) electrons. The van der Waals surface area contributed by atoms with Crippen molar-refractivity contribution in [3.63, 3.8) is 0 Å². The van der Waals surface area contributed by atoms with Crippen molar-refractivity contribution >= 4 is 45.6 Å². The molecule has 6 heteroatoms. The van der Waals surface area contributed by atoms with Gasteiger partial charge in [0.15, 0.2) is 0 Å². The van der Waals surface area contributed by atoms with E-state index in [9.17, 15) is 0 Å². The molecule has 6 heavy (non-hydrogen) atoms. The molecule has 0 aliphatic heterocycles. The summed E-state index contributed by atoms with van der Waals surface area (Å²) in [6, 6.07) is 0. The van der Waals surface area contributed by atoms with Gasteiger partial charge in [0.05, 0.1) is 0 Å². The van der Waals surface area contributed by atoms with Crippen LogP contribution in [0.3, 0.4) is 0 Å². The minimum Gasteiger partial charge on any atom is 0 e. The van der Waals surface area contributed by atoms with Gasteiger partial charge in [-0.25, -0.2) is 0 Å². The minimum absolute atomic E-state index is 0. The smallest absolute Gasteiger partial charge is 0 e. The van der Waals surface area contributed by atoms with Gasteiger partial charge >= 0.3 is 0 Å². The molecule has 0 fully saturated rings. The standard InChI is InChI=1S/B.Bi.Ce.Mo.Si.Zn. The fourth-order valence-electron chi connectivity index (χ4n) is 0. The maximum Gasteiger partial charge on any atom is 0 e. The molecule has 0 aliphatic carbocycles. The summed E-state index contributed by atoms with van der Waals surface area (Å²) in [7, 11) is 0. The molecule has 0 N–H and O–H groups in total. The van der Waals surface area contributed by atoms with E-state index in [0.29, 0.717) is 0 Å². The average molecular weight is 549 g/mol. The Morgan fingerprint density at radius 2 is 1.00 bits per heavy atom. The Balaban J connectivity index is 0. The van der Waals surface area contributed by atoms with Gasteiger partial charge in [-0.2, -0.15) is 0 Å². The Labute approximate surface area is 125 Å². The molecule has 0 amide bonds.